The van der Waals surface area contributed by atoms with E-state index in [9.17, 15) is 13.2 Å². The van der Waals surface area contributed by atoms with Crippen LogP contribution < -0.4 is 5.73 Å². The summed E-state index contributed by atoms with van der Waals surface area (Å²) in [6.07, 6.45) is -0.195. The third kappa shape index (κ3) is 4.85. The number of aryl methyl sites for hydroxylation is 1. The standard InChI is InChI=1S/C24H18ClF3N6S/c25-18-11-15(10-16-12-30-33-19(16)18)21-20(14-4-2-1-3-5-14)31-22(29)23(32-21)35-9-8-34-7-6-17(13-34)24(26,27)28/h1-7,10-13H,8-9H2,(H2,29,31)(H,30,33). The summed E-state index contributed by atoms with van der Waals surface area (Å²) in [6, 6.07) is 14.3. The predicted octanol–water partition coefficient (Wildman–Crippen LogP) is 6.54. The second-order valence-corrected chi connectivity index (χ2v) is 9.24. The van der Waals surface area contributed by atoms with E-state index in [1.54, 1.807) is 12.3 Å². The van der Waals surface area contributed by atoms with E-state index < -0.39 is 11.7 Å². The average Bonchev–Trinajstić information content (AvgIpc) is 3.50. The summed E-state index contributed by atoms with van der Waals surface area (Å²) < 4.78 is 40.1. The van der Waals surface area contributed by atoms with Crippen molar-refractivity contribution in [2.45, 2.75) is 17.7 Å². The Morgan fingerprint density at radius 2 is 1.80 bits per heavy atom. The Hall–Kier alpha value is -3.50. The number of nitrogen functional groups attached to an aromatic ring is 1. The molecule has 0 aliphatic carbocycles. The molecule has 11 heteroatoms. The van der Waals surface area contributed by atoms with Crippen LogP contribution in [0.25, 0.3) is 33.4 Å². The van der Waals surface area contributed by atoms with Crippen molar-refractivity contribution in [3.05, 3.63) is 77.7 Å². The fourth-order valence-corrected chi connectivity index (χ4v) is 4.80. The Morgan fingerprint density at radius 3 is 2.54 bits per heavy atom. The van der Waals surface area contributed by atoms with Crippen molar-refractivity contribution >= 4 is 40.1 Å². The Balaban J connectivity index is 1.49. The van der Waals surface area contributed by atoms with Gasteiger partial charge in [0.05, 0.1) is 33.7 Å². The zero-order valence-corrected chi connectivity index (χ0v) is 19.6. The molecule has 0 saturated carbocycles. The zero-order valence-electron chi connectivity index (χ0n) is 18.1. The van der Waals surface area contributed by atoms with Gasteiger partial charge >= 0.3 is 6.18 Å². The fourth-order valence-electron chi connectivity index (χ4n) is 3.68. The summed E-state index contributed by atoms with van der Waals surface area (Å²) in [4.78, 5) is 9.48. The lowest BCUT2D eigenvalue weighted by molar-refractivity contribution is -0.137. The summed E-state index contributed by atoms with van der Waals surface area (Å²) in [5.41, 5.74) is 9.09. The van der Waals surface area contributed by atoms with E-state index in [2.05, 4.69) is 15.2 Å². The fraction of sp³-hybridized carbons (Fsp3) is 0.125. The third-order valence-electron chi connectivity index (χ3n) is 5.38. The molecule has 0 amide bonds. The number of hydrogen-bond donors (Lipinski definition) is 2. The molecule has 2 aromatic carbocycles. The summed E-state index contributed by atoms with van der Waals surface area (Å²) >= 11 is 7.80. The molecule has 0 aliphatic rings. The van der Waals surface area contributed by atoms with Crippen molar-refractivity contribution in [1.29, 1.82) is 0 Å². The van der Waals surface area contributed by atoms with E-state index in [1.807, 2.05) is 36.4 Å². The van der Waals surface area contributed by atoms with Crippen molar-refractivity contribution in [2.75, 3.05) is 11.5 Å². The minimum atomic E-state index is -4.37. The van der Waals surface area contributed by atoms with Crippen molar-refractivity contribution < 1.29 is 13.2 Å². The second-order valence-electron chi connectivity index (χ2n) is 7.75. The molecular formula is C24H18ClF3N6S. The summed E-state index contributed by atoms with van der Waals surface area (Å²) in [6.45, 7) is 0.352. The average molecular weight is 515 g/mol. The van der Waals surface area contributed by atoms with Gasteiger partial charge in [0.2, 0.25) is 0 Å². The maximum absolute atomic E-state index is 12.9. The number of H-pyrrole nitrogens is 1. The van der Waals surface area contributed by atoms with Crippen LogP contribution in [0.5, 0.6) is 0 Å². The number of hydrogen-bond acceptors (Lipinski definition) is 5. The minimum absolute atomic E-state index is 0.247. The number of rotatable bonds is 6. The number of halogens is 4. The molecule has 3 aromatic heterocycles. The van der Waals surface area contributed by atoms with Gasteiger partial charge in [-0.15, -0.1) is 11.8 Å². The lowest BCUT2D eigenvalue weighted by Gasteiger charge is -2.13. The van der Waals surface area contributed by atoms with Crippen molar-refractivity contribution in [3.8, 4) is 22.5 Å². The highest BCUT2D eigenvalue weighted by atomic mass is 35.5. The highest BCUT2D eigenvalue weighted by molar-refractivity contribution is 7.99. The van der Waals surface area contributed by atoms with E-state index in [-0.39, 0.29) is 5.82 Å². The molecule has 6 nitrogen and oxygen atoms in total. The molecule has 5 rings (SSSR count). The van der Waals surface area contributed by atoms with Gasteiger partial charge in [-0.05, 0) is 18.2 Å². The maximum Gasteiger partial charge on any atom is 0.417 e. The van der Waals surface area contributed by atoms with Gasteiger partial charge in [0, 0.05) is 41.2 Å². The molecule has 3 heterocycles. The number of nitrogens with two attached hydrogens (primary N) is 1. The molecular weight excluding hydrogens is 497 g/mol. The molecule has 0 unspecified atom stereocenters. The molecule has 3 N–H and O–H groups in total. The van der Waals surface area contributed by atoms with E-state index in [4.69, 9.17) is 22.3 Å². The van der Waals surface area contributed by atoms with Crippen LogP contribution in [0, 0.1) is 0 Å². The number of aromatic amines is 1. The van der Waals surface area contributed by atoms with Crippen molar-refractivity contribution in [1.82, 2.24) is 24.7 Å². The molecule has 0 radical (unpaired) electrons. The van der Waals surface area contributed by atoms with Gasteiger partial charge in [-0.3, -0.25) is 5.10 Å². The SMILES string of the molecule is Nc1nc(-c2ccccc2)c(-c2cc(Cl)c3[nH]ncc3c2)nc1SCCn1ccc(C(F)(F)F)c1. The summed E-state index contributed by atoms with van der Waals surface area (Å²) in [5.74, 6) is 0.702. The third-order valence-corrected chi connectivity index (χ3v) is 6.64. The van der Waals surface area contributed by atoms with Crippen LogP contribution in [0.2, 0.25) is 5.02 Å². The van der Waals surface area contributed by atoms with Gasteiger partial charge in [0.1, 0.15) is 5.03 Å². The highest BCUT2D eigenvalue weighted by Crippen LogP contribution is 2.37. The quantitative estimate of drug-likeness (QED) is 0.251. The number of nitrogens with one attached hydrogen (secondary N) is 1. The van der Waals surface area contributed by atoms with Crippen LogP contribution in [0.4, 0.5) is 19.0 Å². The first-order chi connectivity index (χ1) is 16.8. The lowest BCUT2D eigenvalue weighted by atomic mass is 10.0. The maximum atomic E-state index is 12.9. The van der Waals surface area contributed by atoms with Gasteiger partial charge < -0.3 is 10.3 Å². The second kappa shape index (κ2) is 9.27. The summed E-state index contributed by atoms with van der Waals surface area (Å²) in [7, 11) is 0. The van der Waals surface area contributed by atoms with Gasteiger partial charge in [0.25, 0.3) is 0 Å². The molecule has 0 aliphatic heterocycles. The minimum Gasteiger partial charge on any atom is -0.381 e. The molecule has 0 bridgehead atoms. The normalized spacial score (nSPS) is 11.9. The first kappa shape index (κ1) is 23.3. The van der Waals surface area contributed by atoms with E-state index in [0.717, 1.165) is 34.3 Å². The first-order valence-electron chi connectivity index (χ1n) is 10.5. The predicted molar refractivity (Wildman–Crippen MR) is 132 cm³/mol. The number of thioether (sulfide) groups is 1. The largest absolute Gasteiger partial charge is 0.417 e. The van der Waals surface area contributed by atoms with Crippen LogP contribution in [-0.4, -0.2) is 30.5 Å². The molecule has 0 saturated heterocycles. The topological polar surface area (TPSA) is 85.4 Å². The van der Waals surface area contributed by atoms with Gasteiger partial charge in [0.15, 0.2) is 5.82 Å². The molecule has 0 atom stereocenters. The van der Waals surface area contributed by atoms with Crippen LogP contribution in [-0.2, 0) is 12.7 Å². The molecule has 35 heavy (non-hydrogen) atoms. The van der Waals surface area contributed by atoms with E-state index in [1.165, 1.54) is 22.5 Å². The van der Waals surface area contributed by atoms with Crippen molar-refractivity contribution in [3.63, 3.8) is 0 Å². The number of fused-ring (bicyclic) bond motifs is 1. The van der Waals surface area contributed by atoms with Crippen LogP contribution >= 0.6 is 23.4 Å². The van der Waals surface area contributed by atoms with Gasteiger partial charge in [-0.25, -0.2) is 9.97 Å². The van der Waals surface area contributed by atoms with Crippen molar-refractivity contribution in [2.24, 2.45) is 0 Å². The molecule has 5 aromatic rings. The Morgan fingerprint density at radius 1 is 1.03 bits per heavy atom. The Labute approximate surface area is 207 Å². The van der Waals surface area contributed by atoms with Crippen LogP contribution in [0.15, 0.2) is 72.1 Å². The van der Waals surface area contributed by atoms with Crippen LogP contribution in [0.1, 0.15) is 5.56 Å². The van der Waals surface area contributed by atoms with Gasteiger partial charge in [-0.2, -0.15) is 18.3 Å². The molecule has 0 fully saturated rings. The van der Waals surface area contributed by atoms with Gasteiger partial charge in [-0.1, -0.05) is 41.9 Å². The van der Waals surface area contributed by atoms with E-state index in [0.29, 0.717) is 33.7 Å². The smallest absolute Gasteiger partial charge is 0.381 e. The number of aromatic nitrogens is 5. The monoisotopic (exact) mass is 514 g/mol. The highest BCUT2D eigenvalue weighted by Gasteiger charge is 2.31. The number of anilines is 1. The number of alkyl halides is 3. The van der Waals surface area contributed by atoms with Crippen LogP contribution in [0.3, 0.4) is 0 Å². The zero-order chi connectivity index (χ0) is 24.6. The molecule has 178 valence electrons. The Bertz CT molecular complexity index is 1500. The Kier molecular flexibility index (Phi) is 6.16. The number of nitrogens with zero attached hydrogens (tertiary/aromatic N) is 4. The number of benzene rings is 2. The molecule has 0 spiro atoms. The lowest BCUT2D eigenvalue weighted by Crippen LogP contribution is -2.05. The first-order valence-corrected chi connectivity index (χ1v) is 11.9. The summed E-state index contributed by atoms with van der Waals surface area (Å²) in [5, 5.41) is 8.74. The van der Waals surface area contributed by atoms with E-state index >= 15 is 0 Å².